The zero-order valence-electron chi connectivity index (χ0n) is 19.5. The number of ether oxygens (including phenoxy) is 1. The summed E-state index contributed by atoms with van der Waals surface area (Å²) in [6, 6.07) is 8.92. The number of guanidine groups is 1. The van der Waals surface area contributed by atoms with Gasteiger partial charge in [0.2, 0.25) is 0 Å². The van der Waals surface area contributed by atoms with Crippen LogP contribution >= 0.6 is 11.3 Å². The maximum absolute atomic E-state index is 5.36. The van der Waals surface area contributed by atoms with Crippen LogP contribution in [0.2, 0.25) is 0 Å². The third-order valence-corrected chi connectivity index (χ3v) is 6.77. The van der Waals surface area contributed by atoms with Gasteiger partial charge in [0.05, 0.1) is 12.2 Å². The van der Waals surface area contributed by atoms with Gasteiger partial charge in [-0.1, -0.05) is 24.3 Å². The van der Waals surface area contributed by atoms with E-state index < -0.39 is 0 Å². The van der Waals surface area contributed by atoms with Gasteiger partial charge < -0.3 is 19.9 Å². The topological polar surface area (TPSA) is 56.2 Å². The molecule has 7 nitrogen and oxygen atoms in total. The molecular formula is C23H36N6OS. The largest absolute Gasteiger partial charge is 0.375 e. The van der Waals surface area contributed by atoms with Crippen molar-refractivity contribution >= 4 is 17.3 Å². The Morgan fingerprint density at radius 1 is 1.23 bits per heavy atom. The molecule has 8 heteroatoms. The van der Waals surface area contributed by atoms with Crippen molar-refractivity contribution in [3.8, 4) is 0 Å². The van der Waals surface area contributed by atoms with Crippen molar-refractivity contribution in [3.05, 3.63) is 51.5 Å². The molecule has 1 aliphatic rings. The van der Waals surface area contributed by atoms with Crippen molar-refractivity contribution in [3.63, 3.8) is 0 Å². The number of thiazole rings is 1. The number of likely N-dealkylation sites (N-methyl/N-ethyl adjacent to an activating group) is 1. The summed E-state index contributed by atoms with van der Waals surface area (Å²) in [5.41, 5.74) is 3.66. The maximum atomic E-state index is 5.36. The van der Waals surface area contributed by atoms with E-state index in [-0.39, 0.29) is 6.10 Å². The lowest BCUT2D eigenvalue weighted by atomic mass is 10.1. The molecule has 1 fully saturated rings. The average molecular weight is 445 g/mol. The second-order valence-corrected chi connectivity index (χ2v) is 9.10. The second kappa shape index (κ2) is 11.6. The maximum Gasteiger partial charge on any atom is 0.194 e. The Hall–Kier alpha value is -2.00. The molecule has 0 saturated carbocycles. The molecule has 170 valence electrons. The number of nitrogens with zero attached hydrogens (tertiary/aromatic N) is 5. The lowest BCUT2D eigenvalue weighted by Gasteiger charge is -2.32. The fraction of sp³-hybridized carbons (Fsp3) is 0.565. The number of rotatable bonds is 8. The molecule has 1 aliphatic heterocycles. The summed E-state index contributed by atoms with van der Waals surface area (Å²) in [4.78, 5) is 16.1. The number of nitrogens with one attached hydrogen (secondary N) is 1. The minimum Gasteiger partial charge on any atom is -0.375 e. The lowest BCUT2D eigenvalue weighted by Crippen LogP contribution is -2.43. The Bertz CT molecular complexity index is 829. The predicted molar refractivity (Wildman–Crippen MR) is 128 cm³/mol. The molecule has 1 N–H and O–H groups in total. The van der Waals surface area contributed by atoms with Crippen LogP contribution in [0, 0.1) is 0 Å². The first kappa shape index (κ1) is 23.7. The fourth-order valence-corrected chi connectivity index (χ4v) is 4.44. The van der Waals surface area contributed by atoms with Crippen molar-refractivity contribution in [1.82, 2.24) is 25.0 Å². The van der Waals surface area contributed by atoms with Crippen molar-refractivity contribution in [2.24, 2.45) is 4.99 Å². The number of hydrogen-bond donors (Lipinski definition) is 1. The molecule has 1 saturated heterocycles. The highest BCUT2D eigenvalue weighted by atomic mass is 32.1. The SMILES string of the molecule is CN=C(NCc1ccc(CN2CCN(C)CC2)cc1)N(C)Cc1csc(C(C)OC)n1. The van der Waals surface area contributed by atoms with Crippen LogP contribution in [-0.2, 0) is 24.4 Å². The highest BCUT2D eigenvalue weighted by molar-refractivity contribution is 7.09. The van der Waals surface area contributed by atoms with Gasteiger partial charge in [0.15, 0.2) is 5.96 Å². The molecule has 1 aromatic carbocycles. The average Bonchev–Trinajstić information content (AvgIpc) is 3.24. The van der Waals surface area contributed by atoms with Crippen LogP contribution in [0.1, 0.15) is 34.9 Å². The fourth-order valence-electron chi connectivity index (χ4n) is 3.59. The molecule has 0 radical (unpaired) electrons. The van der Waals surface area contributed by atoms with Crippen molar-refractivity contribution in [1.29, 1.82) is 0 Å². The molecular weight excluding hydrogens is 408 g/mol. The molecule has 31 heavy (non-hydrogen) atoms. The van der Waals surface area contributed by atoms with E-state index >= 15 is 0 Å². The number of methoxy groups -OCH3 is 1. The Labute approximate surface area is 190 Å². The van der Waals surface area contributed by atoms with Gasteiger partial charge >= 0.3 is 0 Å². The van der Waals surface area contributed by atoms with Gasteiger partial charge in [0.1, 0.15) is 11.1 Å². The molecule has 2 heterocycles. The van der Waals surface area contributed by atoms with E-state index in [1.165, 1.54) is 11.1 Å². The summed E-state index contributed by atoms with van der Waals surface area (Å²) >= 11 is 1.64. The van der Waals surface area contributed by atoms with Crippen molar-refractivity contribution in [2.45, 2.75) is 32.7 Å². The third kappa shape index (κ3) is 7.00. The van der Waals surface area contributed by atoms with Crippen LogP contribution in [0.25, 0.3) is 0 Å². The summed E-state index contributed by atoms with van der Waals surface area (Å²) in [6.45, 7) is 9.10. The van der Waals surface area contributed by atoms with E-state index in [4.69, 9.17) is 4.74 Å². The first-order chi connectivity index (χ1) is 15.0. The Morgan fingerprint density at radius 2 is 1.90 bits per heavy atom. The van der Waals surface area contributed by atoms with Gasteiger partial charge in [-0.2, -0.15) is 0 Å². The summed E-state index contributed by atoms with van der Waals surface area (Å²) in [7, 11) is 7.76. The van der Waals surface area contributed by atoms with Gasteiger partial charge in [-0.15, -0.1) is 11.3 Å². The zero-order chi connectivity index (χ0) is 22.2. The number of hydrogen-bond acceptors (Lipinski definition) is 6. The molecule has 1 aromatic heterocycles. The number of benzene rings is 1. The van der Waals surface area contributed by atoms with Crippen LogP contribution in [0.4, 0.5) is 0 Å². The van der Waals surface area contributed by atoms with Crippen molar-refractivity contribution < 1.29 is 4.74 Å². The summed E-state index contributed by atoms with van der Waals surface area (Å²) in [5.74, 6) is 0.857. The number of aliphatic imine (C=N–C) groups is 1. The standard InChI is InChI=1S/C23H36N6OS/c1-18(30-5)22-26-21(17-31-22)16-28(4)23(24-2)25-14-19-6-8-20(9-7-19)15-29-12-10-27(3)11-13-29/h6-9,17-18H,10-16H2,1-5H3,(H,24,25). The highest BCUT2D eigenvalue weighted by Crippen LogP contribution is 2.21. The van der Waals surface area contributed by atoms with E-state index in [0.717, 1.165) is 55.9 Å². The molecule has 0 amide bonds. The van der Waals surface area contributed by atoms with E-state index in [0.29, 0.717) is 6.54 Å². The van der Waals surface area contributed by atoms with E-state index in [1.807, 2.05) is 21.0 Å². The highest BCUT2D eigenvalue weighted by Gasteiger charge is 2.14. The third-order valence-electron chi connectivity index (χ3n) is 5.72. The van der Waals surface area contributed by atoms with Crippen LogP contribution in [0.5, 0.6) is 0 Å². The van der Waals surface area contributed by atoms with Gasteiger partial charge in [-0.05, 0) is 25.1 Å². The first-order valence-corrected chi connectivity index (χ1v) is 11.7. The Kier molecular flexibility index (Phi) is 8.83. The minimum atomic E-state index is 0.0284. The van der Waals surface area contributed by atoms with E-state index in [2.05, 4.69) is 66.7 Å². The second-order valence-electron chi connectivity index (χ2n) is 8.21. The van der Waals surface area contributed by atoms with Crippen LogP contribution in [0.3, 0.4) is 0 Å². The van der Waals surface area contributed by atoms with Gasteiger partial charge in [0.25, 0.3) is 0 Å². The summed E-state index contributed by atoms with van der Waals surface area (Å²) in [6.07, 6.45) is 0.0284. The normalized spacial score (nSPS) is 17.0. The molecule has 0 spiro atoms. The molecule has 0 bridgehead atoms. The van der Waals surface area contributed by atoms with Gasteiger partial charge in [0, 0.05) is 65.9 Å². The zero-order valence-corrected chi connectivity index (χ0v) is 20.3. The van der Waals surface area contributed by atoms with E-state index in [9.17, 15) is 0 Å². The van der Waals surface area contributed by atoms with Crippen LogP contribution in [0.15, 0.2) is 34.6 Å². The van der Waals surface area contributed by atoms with E-state index in [1.54, 1.807) is 18.4 Å². The molecule has 1 atom stereocenters. The van der Waals surface area contributed by atoms with Crippen LogP contribution < -0.4 is 5.32 Å². The Morgan fingerprint density at radius 3 is 2.55 bits per heavy atom. The Balaban J connectivity index is 1.47. The molecule has 3 rings (SSSR count). The summed E-state index contributed by atoms with van der Waals surface area (Å²) in [5, 5.41) is 6.56. The molecule has 1 unspecified atom stereocenters. The lowest BCUT2D eigenvalue weighted by molar-refractivity contribution is 0.119. The predicted octanol–water partition coefficient (Wildman–Crippen LogP) is 2.81. The van der Waals surface area contributed by atoms with Crippen LogP contribution in [-0.4, -0.2) is 80.1 Å². The van der Waals surface area contributed by atoms with Gasteiger partial charge in [-0.25, -0.2) is 4.98 Å². The summed E-state index contributed by atoms with van der Waals surface area (Å²) < 4.78 is 5.36. The molecule has 2 aromatic rings. The minimum absolute atomic E-state index is 0.0284. The number of piperazine rings is 1. The smallest absolute Gasteiger partial charge is 0.194 e. The number of aromatic nitrogens is 1. The molecule has 0 aliphatic carbocycles. The first-order valence-electron chi connectivity index (χ1n) is 10.9. The van der Waals surface area contributed by atoms with Gasteiger partial charge in [-0.3, -0.25) is 9.89 Å². The monoisotopic (exact) mass is 444 g/mol. The quantitative estimate of drug-likeness (QED) is 0.499. The van der Waals surface area contributed by atoms with Crippen molar-refractivity contribution in [2.75, 3.05) is 54.4 Å².